The molecule has 2 aromatic heterocycles. The van der Waals surface area contributed by atoms with E-state index in [2.05, 4.69) is 10.5 Å². The third kappa shape index (κ3) is 4.58. The lowest BCUT2D eigenvalue weighted by Crippen LogP contribution is -2.44. The minimum absolute atomic E-state index is 0.0663. The number of rotatable bonds is 5. The van der Waals surface area contributed by atoms with Gasteiger partial charge >= 0.3 is 5.97 Å². The van der Waals surface area contributed by atoms with Crippen LogP contribution in [-0.2, 0) is 32.4 Å². The molecule has 1 aliphatic heterocycles. The van der Waals surface area contributed by atoms with Gasteiger partial charge in [0.2, 0.25) is 15.9 Å². The highest BCUT2D eigenvalue weighted by Crippen LogP contribution is 2.38. The number of esters is 1. The van der Waals surface area contributed by atoms with Crippen molar-refractivity contribution < 1.29 is 27.3 Å². The highest BCUT2D eigenvalue weighted by Gasteiger charge is 2.37. The van der Waals surface area contributed by atoms with E-state index < -0.39 is 21.9 Å². The fourth-order valence-corrected chi connectivity index (χ4v) is 7.80. The minimum atomic E-state index is -3.83. The SMILES string of the molecule is COC(=O)c1c(NC(=O)C2CCCN(S(=O)(=O)c3c(C)noc3C)C2)sc2c1CCCCC2. The van der Waals surface area contributed by atoms with E-state index in [0.29, 0.717) is 35.6 Å². The number of carbonyl (C=O) groups excluding carboxylic acids is 2. The molecule has 1 amide bonds. The van der Waals surface area contributed by atoms with Gasteiger partial charge in [0.15, 0.2) is 5.76 Å². The van der Waals surface area contributed by atoms with Crippen molar-refractivity contribution in [3.05, 3.63) is 27.5 Å². The number of nitrogens with zero attached hydrogens (tertiary/aromatic N) is 2. The number of fused-ring (bicyclic) bond motifs is 1. The van der Waals surface area contributed by atoms with Gasteiger partial charge in [0.05, 0.1) is 18.6 Å². The molecule has 2 aromatic rings. The van der Waals surface area contributed by atoms with Crippen LogP contribution in [0.25, 0.3) is 0 Å². The summed E-state index contributed by atoms with van der Waals surface area (Å²) >= 11 is 1.43. The Bertz CT molecular complexity index is 1150. The van der Waals surface area contributed by atoms with E-state index in [9.17, 15) is 18.0 Å². The molecule has 1 N–H and O–H groups in total. The number of carbonyl (C=O) groups is 2. The summed E-state index contributed by atoms with van der Waals surface area (Å²) in [5.41, 5.74) is 1.73. The van der Waals surface area contributed by atoms with Gasteiger partial charge < -0.3 is 14.6 Å². The first-order valence-electron chi connectivity index (χ1n) is 11.2. The van der Waals surface area contributed by atoms with Crippen LogP contribution in [0.1, 0.15) is 64.4 Å². The largest absolute Gasteiger partial charge is 0.465 e. The predicted octanol–water partition coefficient (Wildman–Crippen LogP) is 3.45. The number of thiophene rings is 1. The third-order valence-corrected chi connectivity index (χ3v) is 9.69. The molecule has 0 aromatic carbocycles. The summed E-state index contributed by atoms with van der Waals surface area (Å²) in [6.07, 6.45) is 5.97. The van der Waals surface area contributed by atoms with Gasteiger partial charge in [-0.1, -0.05) is 11.6 Å². The quantitative estimate of drug-likeness (QED) is 0.498. The van der Waals surface area contributed by atoms with Crippen molar-refractivity contribution in [1.82, 2.24) is 9.46 Å². The van der Waals surface area contributed by atoms with Crippen molar-refractivity contribution in [2.24, 2.45) is 5.92 Å². The molecule has 3 heterocycles. The van der Waals surface area contributed by atoms with E-state index in [1.165, 1.54) is 22.8 Å². The molecule has 0 saturated carbocycles. The number of anilines is 1. The smallest absolute Gasteiger partial charge is 0.341 e. The fraction of sp³-hybridized carbons (Fsp3) is 0.591. The number of amides is 1. The zero-order valence-electron chi connectivity index (χ0n) is 19.1. The highest BCUT2D eigenvalue weighted by molar-refractivity contribution is 7.89. The summed E-state index contributed by atoms with van der Waals surface area (Å²) in [6.45, 7) is 3.55. The summed E-state index contributed by atoms with van der Waals surface area (Å²) in [7, 11) is -2.49. The summed E-state index contributed by atoms with van der Waals surface area (Å²) in [5.74, 6) is -1.02. The van der Waals surface area contributed by atoms with Crippen LogP contribution in [0.3, 0.4) is 0 Å². The summed E-state index contributed by atoms with van der Waals surface area (Å²) in [5, 5.41) is 7.19. The molecular formula is C22H29N3O6S2. The Labute approximate surface area is 197 Å². The molecule has 0 bridgehead atoms. The normalized spacial score (nSPS) is 19.5. The number of aryl methyl sites for hydroxylation is 3. The van der Waals surface area contributed by atoms with Gasteiger partial charge in [-0.3, -0.25) is 4.79 Å². The summed E-state index contributed by atoms with van der Waals surface area (Å²) in [6, 6.07) is 0. The molecule has 9 nitrogen and oxygen atoms in total. The number of hydrogen-bond donors (Lipinski definition) is 1. The molecule has 1 aliphatic carbocycles. The lowest BCUT2D eigenvalue weighted by molar-refractivity contribution is -0.120. The van der Waals surface area contributed by atoms with Crippen LogP contribution in [0.4, 0.5) is 5.00 Å². The van der Waals surface area contributed by atoms with Crippen LogP contribution < -0.4 is 5.32 Å². The number of sulfonamides is 1. The third-order valence-electron chi connectivity index (χ3n) is 6.37. The van der Waals surface area contributed by atoms with E-state index in [-0.39, 0.29) is 23.1 Å². The van der Waals surface area contributed by atoms with Gasteiger partial charge in [-0.2, -0.15) is 4.31 Å². The Morgan fingerprint density at radius 2 is 1.94 bits per heavy atom. The Morgan fingerprint density at radius 1 is 1.18 bits per heavy atom. The van der Waals surface area contributed by atoms with Crippen molar-refractivity contribution in [3.8, 4) is 0 Å². The van der Waals surface area contributed by atoms with Gasteiger partial charge in [-0.25, -0.2) is 13.2 Å². The Kier molecular flexibility index (Phi) is 6.92. The standard InChI is InChI=1S/C22H29N3O6S2/c1-13-19(14(2)31-24-13)33(28,29)25-11-7-8-15(12-25)20(26)23-21-18(22(27)30-3)16-9-5-4-6-10-17(16)32-21/h15H,4-12H2,1-3H3,(H,23,26). The Hall–Kier alpha value is -2.24. The molecule has 1 atom stereocenters. The van der Waals surface area contributed by atoms with Gasteiger partial charge in [0.25, 0.3) is 0 Å². The fourth-order valence-electron chi connectivity index (χ4n) is 4.71. The average Bonchev–Trinajstić information content (AvgIpc) is 3.22. The number of piperidine rings is 1. The maximum atomic E-state index is 13.2. The molecule has 2 aliphatic rings. The van der Waals surface area contributed by atoms with E-state index in [0.717, 1.165) is 42.5 Å². The van der Waals surface area contributed by atoms with Gasteiger partial charge in [0.1, 0.15) is 15.6 Å². The first-order chi connectivity index (χ1) is 15.7. The molecule has 1 fully saturated rings. The van der Waals surface area contributed by atoms with Crippen molar-refractivity contribution in [1.29, 1.82) is 0 Å². The second-order valence-corrected chi connectivity index (χ2v) is 11.6. The maximum Gasteiger partial charge on any atom is 0.341 e. The molecule has 4 rings (SSSR count). The van der Waals surface area contributed by atoms with Crippen LogP contribution in [0.5, 0.6) is 0 Å². The van der Waals surface area contributed by atoms with Gasteiger partial charge in [0, 0.05) is 18.0 Å². The van der Waals surface area contributed by atoms with Gasteiger partial charge in [-0.05, 0) is 57.9 Å². The number of methoxy groups -OCH3 is 1. The van der Waals surface area contributed by atoms with Crippen LogP contribution in [0, 0.1) is 19.8 Å². The number of hydrogen-bond acceptors (Lipinski definition) is 8. The highest BCUT2D eigenvalue weighted by atomic mass is 32.2. The van der Waals surface area contributed by atoms with E-state index in [4.69, 9.17) is 9.26 Å². The lowest BCUT2D eigenvalue weighted by Gasteiger charge is -2.31. The number of aromatic nitrogens is 1. The first-order valence-corrected chi connectivity index (χ1v) is 13.5. The van der Waals surface area contributed by atoms with Crippen LogP contribution in [0.15, 0.2) is 9.42 Å². The first kappa shape index (κ1) is 23.9. The monoisotopic (exact) mass is 495 g/mol. The Morgan fingerprint density at radius 3 is 2.64 bits per heavy atom. The molecule has 0 radical (unpaired) electrons. The average molecular weight is 496 g/mol. The van der Waals surface area contributed by atoms with Gasteiger partial charge in [-0.15, -0.1) is 11.3 Å². The van der Waals surface area contributed by atoms with E-state index in [1.54, 1.807) is 13.8 Å². The molecule has 1 unspecified atom stereocenters. The summed E-state index contributed by atoms with van der Waals surface area (Å²) in [4.78, 5) is 26.9. The van der Waals surface area contributed by atoms with Crippen LogP contribution in [-0.4, -0.2) is 50.0 Å². The minimum Gasteiger partial charge on any atom is -0.465 e. The molecule has 180 valence electrons. The molecule has 1 saturated heterocycles. The van der Waals surface area contributed by atoms with Crippen LogP contribution >= 0.6 is 11.3 Å². The van der Waals surface area contributed by atoms with Crippen molar-refractivity contribution in [2.75, 3.05) is 25.5 Å². The van der Waals surface area contributed by atoms with E-state index >= 15 is 0 Å². The second kappa shape index (κ2) is 9.55. The lowest BCUT2D eigenvalue weighted by atomic mass is 9.98. The Balaban J connectivity index is 1.55. The predicted molar refractivity (Wildman–Crippen MR) is 123 cm³/mol. The zero-order valence-corrected chi connectivity index (χ0v) is 20.7. The molecular weight excluding hydrogens is 466 g/mol. The maximum absolute atomic E-state index is 13.2. The zero-order chi connectivity index (χ0) is 23.8. The van der Waals surface area contributed by atoms with Crippen molar-refractivity contribution >= 4 is 38.2 Å². The summed E-state index contributed by atoms with van der Waals surface area (Å²) < 4.78 is 37.8. The van der Waals surface area contributed by atoms with Crippen molar-refractivity contribution in [3.63, 3.8) is 0 Å². The van der Waals surface area contributed by atoms with E-state index in [1.807, 2.05) is 0 Å². The van der Waals surface area contributed by atoms with Crippen LogP contribution in [0.2, 0.25) is 0 Å². The topological polar surface area (TPSA) is 119 Å². The molecule has 0 spiro atoms. The number of nitrogens with one attached hydrogen (secondary N) is 1. The number of ether oxygens (including phenoxy) is 1. The second-order valence-electron chi connectivity index (χ2n) is 8.60. The molecule has 33 heavy (non-hydrogen) atoms. The molecule has 11 heteroatoms. The van der Waals surface area contributed by atoms with Crippen molar-refractivity contribution in [2.45, 2.75) is 63.7 Å².